The number of hydrogen-bond donors (Lipinski definition) is 0. The molecule has 7 heteroatoms. The fraction of sp³-hybridized carbons (Fsp3) is 0.364. The van der Waals surface area contributed by atoms with Crippen molar-refractivity contribution in [3.05, 3.63) is 69.8 Å². The minimum Gasteiger partial charge on any atom is -0.474 e. The number of nitro groups is 1. The van der Waals surface area contributed by atoms with Crippen LogP contribution in [0.2, 0.25) is 0 Å². The van der Waals surface area contributed by atoms with Gasteiger partial charge in [0.25, 0.3) is 5.91 Å². The Balaban J connectivity index is 1.57. The lowest BCUT2D eigenvalue weighted by molar-refractivity contribution is -0.386. The number of nitrogens with zero attached hydrogens (tertiary/aromatic N) is 2. The SMILES string of the molecule is C[C@@H](Oc1ccc(C=O)cc1[N+](=O)[O-])C(=O)N1CCC(Cc2ccccc2)CC1. The van der Waals surface area contributed by atoms with E-state index in [1.807, 2.05) is 18.2 Å². The average Bonchev–Trinajstić information content (AvgIpc) is 2.74. The lowest BCUT2D eigenvalue weighted by atomic mass is 9.90. The van der Waals surface area contributed by atoms with Gasteiger partial charge in [-0.25, -0.2) is 0 Å². The van der Waals surface area contributed by atoms with Crippen molar-refractivity contribution in [3.63, 3.8) is 0 Å². The highest BCUT2D eigenvalue weighted by molar-refractivity contribution is 5.81. The third-order valence-corrected chi connectivity index (χ3v) is 5.26. The molecule has 0 spiro atoms. The van der Waals surface area contributed by atoms with Gasteiger partial charge in [0, 0.05) is 24.7 Å². The molecule has 1 saturated heterocycles. The molecule has 1 heterocycles. The van der Waals surface area contributed by atoms with Gasteiger partial charge < -0.3 is 9.64 Å². The molecular formula is C22H24N2O5. The highest BCUT2D eigenvalue weighted by atomic mass is 16.6. The molecule has 1 aliphatic rings. The molecular weight excluding hydrogens is 372 g/mol. The second-order valence-electron chi connectivity index (χ2n) is 7.32. The summed E-state index contributed by atoms with van der Waals surface area (Å²) in [6, 6.07) is 14.3. The summed E-state index contributed by atoms with van der Waals surface area (Å²) in [5.74, 6) is 0.340. The fourth-order valence-electron chi connectivity index (χ4n) is 3.65. The molecule has 0 saturated carbocycles. The summed E-state index contributed by atoms with van der Waals surface area (Å²) < 4.78 is 5.59. The Bertz CT molecular complexity index is 876. The molecule has 0 unspecified atom stereocenters. The largest absolute Gasteiger partial charge is 0.474 e. The molecule has 0 radical (unpaired) electrons. The maximum Gasteiger partial charge on any atom is 0.311 e. The first-order valence-corrected chi connectivity index (χ1v) is 9.71. The monoisotopic (exact) mass is 396 g/mol. The van der Waals surface area contributed by atoms with Gasteiger partial charge in [-0.15, -0.1) is 0 Å². The van der Waals surface area contributed by atoms with Crippen LogP contribution in [0, 0.1) is 16.0 Å². The van der Waals surface area contributed by atoms with Gasteiger partial charge in [0.05, 0.1) is 4.92 Å². The Morgan fingerprint density at radius 3 is 2.55 bits per heavy atom. The van der Waals surface area contributed by atoms with Crippen LogP contribution in [0.25, 0.3) is 0 Å². The van der Waals surface area contributed by atoms with Crippen LogP contribution in [0.5, 0.6) is 5.75 Å². The van der Waals surface area contributed by atoms with E-state index in [9.17, 15) is 19.7 Å². The molecule has 152 valence electrons. The van der Waals surface area contributed by atoms with E-state index in [1.165, 1.54) is 17.7 Å². The number of ether oxygens (including phenoxy) is 1. The summed E-state index contributed by atoms with van der Waals surface area (Å²) in [4.78, 5) is 36.0. The lowest BCUT2D eigenvalue weighted by Crippen LogP contribution is -2.45. The summed E-state index contributed by atoms with van der Waals surface area (Å²) in [6.45, 7) is 2.89. The Kier molecular flexibility index (Phi) is 6.59. The van der Waals surface area contributed by atoms with Crippen LogP contribution >= 0.6 is 0 Å². The van der Waals surface area contributed by atoms with Crippen molar-refractivity contribution in [3.8, 4) is 5.75 Å². The maximum atomic E-state index is 12.7. The minimum atomic E-state index is -0.846. The van der Waals surface area contributed by atoms with Crippen molar-refractivity contribution >= 4 is 17.9 Å². The number of benzene rings is 2. The van der Waals surface area contributed by atoms with Crippen LogP contribution in [0.3, 0.4) is 0 Å². The summed E-state index contributed by atoms with van der Waals surface area (Å²) in [7, 11) is 0. The summed E-state index contributed by atoms with van der Waals surface area (Å²) in [5.41, 5.74) is 1.17. The van der Waals surface area contributed by atoms with Crippen LogP contribution < -0.4 is 4.74 Å². The number of carbonyl (C=O) groups excluding carboxylic acids is 2. The highest BCUT2D eigenvalue weighted by Gasteiger charge is 2.28. The minimum absolute atomic E-state index is 0.0135. The molecule has 3 rings (SSSR count). The molecule has 29 heavy (non-hydrogen) atoms. The van der Waals surface area contributed by atoms with Crippen molar-refractivity contribution in [2.45, 2.75) is 32.3 Å². The molecule has 2 aromatic rings. The van der Waals surface area contributed by atoms with Crippen molar-refractivity contribution < 1.29 is 19.2 Å². The van der Waals surface area contributed by atoms with E-state index >= 15 is 0 Å². The van der Waals surface area contributed by atoms with Gasteiger partial charge in [0.15, 0.2) is 11.9 Å². The first kappa shape index (κ1) is 20.5. The zero-order chi connectivity index (χ0) is 20.8. The first-order chi connectivity index (χ1) is 14.0. The van der Waals surface area contributed by atoms with E-state index in [2.05, 4.69) is 12.1 Å². The van der Waals surface area contributed by atoms with Gasteiger partial charge in [-0.3, -0.25) is 19.7 Å². The first-order valence-electron chi connectivity index (χ1n) is 9.71. The van der Waals surface area contributed by atoms with Gasteiger partial charge in [0.2, 0.25) is 0 Å². The van der Waals surface area contributed by atoms with E-state index in [1.54, 1.807) is 11.8 Å². The second-order valence-corrected chi connectivity index (χ2v) is 7.32. The van der Waals surface area contributed by atoms with Crippen LogP contribution in [-0.4, -0.2) is 41.2 Å². The summed E-state index contributed by atoms with van der Waals surface area (Å²) >= 11 is 0. The van der Waals surface area contributed by atoms with Crippen LogP contribution in [-0.2, 0) is 11.2 Å². The molecule has 0 aliphatic carbocycles. The Hall–Kier alpha value is -3.22. The second kappa shape index (κ2) is 9.32. The number of hydrogen-bond acceptors (Lipinski definition) is 5. The molecule has 0 bridgehead atoms. The van der Waals surface area contributed by atoms with Gasteiger partial charge in [0.1, 0.15) is 6.29 Å². The van der Waals surface area contributed by atoms with Gasteiger partial charge >= 0.3 is 5.69 Å². The zero-order valence-electron chi connectivity index (χ0n) is 16.3. The fourth-order valence-corrected chi connectivity index (χ4v) is 3.65. The molecule has 2 aromatic carbocycles. The number of aldehydes is 1. The lowest BCUT2D eigenvalue weighted by Gasteiger charge is -2.33. The molecule has 1 atom stereocenters. The van der Waals surface area contributed by atoms with E-state index < -0.39 is 11.0 Å². The number of piperidine rings is 1. The number of carbonyl (C=O) groups is 2. The standard InChI is InChI=1S/C22H24N2O5/c1-16(29-21-8-7-19(15-25)14-20(21)24(27)28)22(26)23-11-9-18(10-12-23)13-17-5-3-2-4-6-17/h2-8,14-16,18H,9-13H2,1H3/t16-/m1/s1. The van der Waals surface area contributed by atoms with Crippen LogP contribution in [0.15, 0.2) is 48.5 Å². The van der Waals surface area contributed by atoms with Gasteiger partial charge in [-0.2, -0.15) is 0 Å². The topological polar surface area (TPSA) is 89.7 Å². The van der Waals surface area contributed by atoms with Crippen molar-refractivity contribution in [1.82, 2.24) is 4.90 Å². The van der Waals surface area contributed by atoms with E-state index in [0.717, 1.165) is 25.3 Å². The Labute approximate surface area is 169 Å². The van der Waals surface area contributed by atoms with Gasteiger partial charge in [-0.05, 0) is 49.8 Å². The van der Waals surface area contributed by atoms with E-state index in [-0.39, 0.29) is 22.9 Å². The third-order valence-electron chi connectivity index (χ3n) is 5.26. The van der Waals surface area contributed by atoms with E-state index in [4.69, 9.17) is 4.74 Å². The van der Waals surface area contributed by atoms with E-state index in [0.29, 0.717) is 25.3 Å². The number of amides is 1. The predicted molar refractivity (Wildman–Crippen MR) is 108 cm³/mol. The predicted octanol–water partition coefficient (Wildman–Crippen LogP) is 3.66. The molecule has 1 fully saturated rings. The van der Waals surface area contributed by atoms with Crippen LogP contribution in [0.1, 0.15) is 35.7 Å². The molecule has 0 aromatic heterocycles. The molecule has 7 nitrogen and oxygen atoms in total. The molecule has 0 N–H and O–H groups in total. The molecule has 1 aliphatic heterocycles. The number of likely N-dealkylation sites (tertiary alicyclic amines) is 1. The zero-order valence-corrected chi connectivity index (χ0v) is 16.3. The van der Waals surface area contributed by atoms with Crippen molar-refractivity contribution in [2.24, 2.45) is 5.92 Å². The average molecular weight is 396 g/mol. The van der Waals surface area contributed by atoms with Gasteiger partial charge in [-0.1, -0.05) is 30.3 Å². The summed E-state index contributed by atoms with van der Waals surface area (Å²) in [5, 5.41) is 11.2. The number of rotatable bonds is 7. The number of nitro benzene ring substituents is 1. The van der Waals surface area contributed by atoms with Crippen LogP contribution in [0.4, 0.5) is 5.69 Å². The quantitative estimate of drug-likeness (QED) is 0.405. The molecule has 1 amide bonds. The smallest absolute Gasteiger partial charge is 0.311 e. The highest BCUT2D eigenvalue weighted by Crippen LogP contribution is 2.29. The Morgan fingerprint density at radius 2 is 1.93 bits per heavy atom. The van der Waals surface area contributed by atoms with Crippen molar-refractivity contribution in [1.29, 1.82) is 0 Å². The maximum absolute atomic E-state index is 12.7. The normalized spacial score (nSPS) is 15.6. The summed E-state index contributed by atoms with van der Waals surface area (Å²) in [6.07, 6.45) is 2.53. The Morgan fingerprint density at radius 1 is 1.24 bits per heavy atom. The van der Waals surface area contributed by atoms with Crippen molar-refractivity contribution in [2.75, 3.05) is 13.1 Å². The third kappa shape index (κ3) is 5.19.